The average Bonchev–Trinajstić information content (AvgIpc) is 3.00. The number of unbranched alkanes of at least 4 members (excludes halogenated alkanes) is 1. The van der Waals surface area contributed by atoms with Crippen molar-refractivity contribution in [2.75, 3.05) is 19.7 Å². The van der Waals surface area contributed by atoms with Crippen LogP contribution < -0.4 is 5.32 Å². The molecule has 0 aromatic carbocycles. The summed E-state index contributed by atoms with van der Waals surface area (Å²) in [7, 11) is 0. The summed E-state index contributed by atoms with van der Waals surface area (Å²) in [5.41, 5.74) is 0.523. The molecule has 2 aliphatic heterocycles. The zero-order valence-corrected chi connectivity index (χ0v) is 17.9. The molecule has 2 heterocycles. The van der Waals surface area contributed by atoms with Gasteiger partial charge in [-0.05, 0) is 25.7 Å². The van der Waals surface area contributed by atoms with Gasteiger partial charge in [-0.25, -0.2) is 4.79 Å². The largest absolute Gasteiger partial charge is 0.496 e. The van der Waals surface area contributed by atoms with Gasteiger partial charge in [0.05, 0.1) is 30.9 Å². The highest BCUT2D eigenvalue weighted by atomic mass is 35.5. The van der Waals surface area contributed by atoms with Gasteiger partial charge in [-0.1, -0.05) is 13.3 Å². The van der Waals surface area contributed by atoms with Crippen molar-refractivity contribution in [3.8, 4) is 0 Å². The van der Waals surface area contributed by atoms with E-state index in [0.29, 0.717) is 37.0 Å². The van der Waals surface area contributed by atoms with Crippen LogP contribution in [0.1, 0.15) is 45.4 Å². The fourth-order valence-corrected chi connectivity index (χ4v) is 4.84. The number of nitrogens with zero attached hydrogens (tertiary/aromatic N) is 1. The minimum absolute atomic E-state index is 0.00325. The highest BCUT2D eigenvalue weighted by Crippen LogP contribution is 2.49. The fraction of sp³-hybridized carbons (Fsp3) is 0.750. The number of urea groups is 1. The van der Waals surface area contributed by atoms with Crippen molar-refractivity contribution in [2.24, 2.45) is 11.8 Å². The summed E-state index contributed by atoms with van der Waals surface area (Å²) in [4.78, 5) is 36.1. The van der Waals surface area contributed by atoms with E-state index >= 15 is 0 Å². The normalized spacial score (nSPS) is 29.1. The van der Waals surface area contributed by atoms with E-state index in [2.05, 4.69) is 5.32 Å². The predicted molar refractivity (Wildman–Crippen MR) is 104 cm³/mol. The van der Waals surface area contributed by atoms with Gasteiger partial charge in [0.25, 0.3) is 0 Å². The Kier molecular flexibility index (Phi) is 7.39. The standard InChI is InChI=1S/C20H26ClF3N2O5/c1-2-5-11-17-12(13(20(22,23)24)9-16(28)31-17)8-14(21)18(11)30-7-4-3-6-26-15(27)10-25-19(26)29/h12-14,17H,2-10H2,1H3,(H,25,29). The van der Waals surface area contributed by atoms with Crippen LogP contribution in [0.2, 0.25) is 0 Å². The van der Waals surface area contributed by atoms with Crippen molar-refractivity contribution >= 4 is 29.5 Å². The maximum absolute atomic E-state index is 13.5. The Balaban J connectivity index is 1.66. The van der Waals surface area contributed by atoms with Gasteiger partial charge in [-0.2, -0.15) is 13.2 Å². The number of halogens is 4. The summed E-state index contributed by atoms with van der Waals surface area (Å²) in [5, 5.41) is 1.70. The van der Waals surface area contributed by atoms with E-state index in [4.69, 9.17) is 21.1 Å². The van der Waals surface area contributed by atoms with E-state index in [0.717, 1.165) is 4.90 Å². The molecule has 11 heteroatoms. The van der Waals surface area contributed by atoms with Crippen LogP contribution in [0, 0.1) is 11.8 Å². The van der Waals surface area contributed by atoms with Gasteiger partial charge in [0, 0.05) is 18.0 Å². The lowest BCUT2D eigenvalue weighted by molar-refractivity contribution is -0.222. The maximum atomic E-state index is 13.5. The van der Waals surface area contributed by atoms with Gasteiger partial charge in [0.15, 0.2) is 0 Å². The summed E-state index contributed by atoms with van der Waals surface area (Å²) >= 11 is 6.44. The van der Waals surface area contributed by atoms with Crippen molar-refractivity contribution in [3.05, 3.63) is 11.3 Å². The van der Waals surface area contributed by atoms with Crippen molar-refractivity contribution in [1.82, 2.24) is 10.2 Å². The number of carbonyl (C=O) groups is 3. The number of imide groups is 1. The molecule has 2 saturated heterocycles. The second-order valence-electron chi connectivity index (χ2n) is 8.03. The first-order valence-electron chi connectivity index (χ1n) is 10.5. The van der Waals surface area contributed by atoms with Crippen molar-refractivity contribution in [2.45, 2.75) is 63.1 Å². The van der Waals surface area contributed by atoms with Crippen LogP contribution in [0.4, 0.5) is 18.0 Å². The Hall–Kier alpha value is -1.97. The lowest BCUT2D eigenvalue weighted by Crippen LogP contribution is -2.49. The first-order valence-corrected chi connectivity index (χ1v) is 10.9. The molecular formula is C20H26ClF3N2O5. The molecule has 0 bridgehead atoms. The topological polar surface area (TPSA) is 84.9 Å². The second-order valence-corrected chi connectivity index (χ2v) is 8.56. The number of nitrogens with one attached hydrogen (secondary N) is 1. The second kappa shape index (κ2) is 9.67. The third kappa shape index (κ3) is 5.27. The number of fused-ring (bicyclic) bond motifs is 1. The molecule has 0 radical (unpaired) electrons. The summed E-state index contributed by atoms with van der Waals surface area (Å²) in [5.74, 6) is -3.46. The Labute approximate surface area is 183 Å². The van der Waals surface area contributed by atoms with Gasteiger partial charge >= 0.3 is 18.2 Å². The Morgan fingerprint density at radius 2 is 2.00 bits per heavy atom. The number of hydrogen-bond donors (Lipinski definition) is 1. The van der Waals surface area contributed by atoms with E-state index in [1.807, 2.05) is 6.92 Å². The minimum Gasteiger partial charge on any atom is -0.496 e. The van der Waals surface area contributed by atoms with Crippen LogP contribution in [0.25, 0.3) is 0 Å². The molecule has 3 rings (SSSR count). The Morgan fingerprint density at radius 3 is 2.61 bits per heavy atom. The average molecular weight is 467 g/mol. The van der Waals surface area contributed by atoms with Crippen molar-refractivity contribution in [3.63, 3.8) is 0 Å². The first kappa shape index (κ1) is 23.7. The van der Waals surface area contributed by atoms with Crippen LogP contribution in [0.5, 0.6) is 0 Å². The highest BCUT2D eigenvalue weighted by Gasteiger charge is 2.55. The zero-order valence-electron chi connectivity index (χ0n) is 17.2. The van der Waals surface area contributed by atoms with Crippen LogP contribution in [-0.4, -0.2) is 60.2 Å². The molecular weight excluding hydrogens is 441 g/mol. The molecule has 4 unspecified atom stereocenters. The molecule has 1 N–H and O–H groups in total. The van der Waals surface area contributed by atoms with Gasteiger partial charge in [0.1, 0.15) is 11.9 Å². The van der Waals surface area contributed by atoms with Gasteiger partial charge in [-0.3, -0.25) is 14.5 Å². The van der Waals surface area contributed by atoms with Crippen molar-refractivity contribution in [1.29, 1.82) is 0 Å². The SMILES string of the molecule is CCCC1=C(OCCCCN2C(=O)CNC2=O)C(Cl)CC2C1OC(=O)CC2C(F)(F)F. The number of rotatable bonds is 8. The summed E-state index contributed by atoms with van der Waals surface area (Å²) < 4.78 is 51.8. The van der Waals surface area contributed by atoms with Crippen LogP contribution in [0.15, 0.2) is 11.3 Å². The maximum Gasteiger partial charge on any atom is 0.392 e. The number of carbonyl (C=O) groups excluding carboxylic acids is 3. The van der Waals surface area contributed by atoms with Gasteiger partial charge < -0.3 is 14.8 Å². The number of esters is 1. The molecule has 174 valence electrons. The molecule has 31 heavy (non-hydrogen) atoms. The number of ether oxygens (including phenoxy) is 2. The third-order valence-corrected chi connectivity index (χ3v) is 6.26. The lowest BCUT2D eigenvalue weighted by Gasteiger charge is -2.44. The molecule has 7 nitrogen and oxygen atoms in total. The molecule has 0 saturated carbocycles. The predicted octanol–water partition coefficient (Wildman–Crippen LogP) is 3.51. The number of allylic oxidation sites excluding steroid dienone is 1. The van der Waals surface area contributed by atoms with E-state index in [-0.39, 0.29) is 32.0 Å². The molecule has 1 aliphatic carbocycles. The van der Waals surface area contributed by atoms with Crippen LogP contribution in [0.3, 0.4) is 0 Å². The molecule has 3 aliphatic rings. The van der Waals surface area contributed by atoms with E-state index in [9.17, 15) is 27.6 Å². The van der Waals surface area contributed by atoms with Crippen molar-refractivity contribution < 1.29 is 37.0 Å². The van der Waals surface area contributed by atoms with E-state index in [1.165, 1.54) is 0 Å². The molecule has 4 atom stereocenters. The highest BCUT2D eigenvalue weighted by molar-refractivity contribution is 6.22. The fourth-order valence-electron chi connectivity index (χ4n) is 4.44. The van der Waals surface area contributed by atoms with Crippen LogP contribution >= 0.6 is 11.6 Å². The smallest absolute Gasteiger partial charge is 0.392 e. The summed E-state index contributed by atoms with van der Waals surface area (Å²) in [6, 6.07) is -0.420. The Bertz CT molecular complexity index is 742. The van der Waals surface area contributed by atoms with Gasteiger partial charge in [0.2, 0.25) is 5.91 Å². The van der Waals surface area contributed by atoms with E-state index < -0.39 is 47.9 Å². The Morgan fingerprint density at radius 1 is 1.26 bits per heavy atom. The quantitative estimate of drug-likeness (QED) is 0.256. The third-order valence-electron chi connectivity index (χ3n) is 5.88. The number of hydrogen-bond acceptors (Lipinski definition) is 5. The summed E-state index contributed by atoms with van der Waals surface area (Å²) in [6.07, 6.45) is -4.09. The zero-order chi connectivity index (χ0) is 22.8. The minimum atomic E-state index is -4.51. The molecule has 0 aromatic rings. The lowest BCUT2D eigenvalue weighted by atomic mass is 9.72. The molecule has 0 spiro atoms. The van der Waals surface area contributed by atoms with Crippen LogP contribution in [-0.2, 0) is 19.1 Å². The number of alkyl halides is 4. The molecule has 0 aromatic heterocycles. The number of amides is 3. The van der Waals surface area contributed by atoms with E-state index in [1.54, 1.807) is 0 Å². The molecule has 3 amide bonds. The first-order chi connectivity index (χ1) is 14.6. The summed E-state index contributed by atoms with van der Waals surface area (Å²) in [6.45, 7) is 2.36. The monoisotopic (exact) mass is 466 g/mol. The molecule has 2 fully saturated rings. The van der Waals surface area contributed by atoms with Gasteiger partial charge in [-0.15, -0.1) is 11.6 Å².